The van der Waals surface area contributed by atoms with E-state index in [-0.39, 0.29) is 18.5 Å². The molecular weight excluding hydrogens is 286 g/mol. The fourth-order valence-electron chi connectivity index (χ4n) is 2.20. The van der Waals surface area contributed by atoms with Crippen LogP contribution in [0.5, 0.6) is 0 Å². The molecule has 2 heterocycles. The molecule has 7 heteroatoms. The van der Waals surface area contributed by atoms with Gasteiger partial charge in [-0.05, 0) is 33.3 Å². The first-order valence-electron chi connectivity index (χ1n) is 6.84. The summed E-state index contributed by atoms with van der Waals surface area (Å²) in [4.78, 5) is 24.1. The van der Waals surface area contributed by atoms with Gasteiger partial charge in [-0.15, -0.1) is 11.3 Å². The molecule has 0 unspecified atom stereocenters. The van der Waals surface area contributed by atoms with E-state index in [0.29, 0.717) is 18.2 Å². The van der Waals surface area contributed by atoms with Crippen molar-refractivity contribution in [2.45, 2.75) is 40.3 Å². The van der Waals surface area contributed by atoms with Gasteiger partial charge in [-0.3, -0.25) is 9.69 Å². The number of thiophene rings is 1. The summed E-state index contributed by atoms with van der Waals surface area (Å²) in [7, 11) is 0. The highest BCUT2D eigenvalue weighted by molar-refractivity contribution is 7.18. The van der Waals surface area contributed by atoms with Gasteiger partial charge >= 0.3 is 0 Å². The minimum atomic E-state index is -0.361. The Labute approximate surface area is 128 Å². The fraction of sp³-hybridized carbons (Fsp3) is 0.500. The molecule has 114 valence electrons. The van der Waals surface area contributed by atoms with Gasteiger partial charge in [0.25, 0.3) is 0 Å². The first kappa shape index (κ1) is 15.7. The molecule has 1 amide bonds. The molecule has 2 aromatic heterocycles. The molecule has 0 aromatic carbocycles. The maximum atomic E-state index is 11.1. The smallest absolute Gasteiger partial charge is 0.231 e. The molecule has 21 heavy (non-hydrogen) atoms. The molecule has 0 saturated carbocycles. The maximum Gasteiger partial charge on any atom is 0.231 e. The van der Waals surface area contributed by atoms with Gasteiger partial charge in [-0.25, -0.2) is 9.97 Å². The van der Waals surface area contributed by atoms with E-state index in [1.165, 1.54) is 4.88 Å². The molecule has 0 aliphatic carbocycles. The summed E-state index contributed by atoms with van der Waals surface area (Å²) in [6.45, 7) is 8.72. The average Bonchev–Trinajstić information content (AvgIpc) is 2.63. The standard InChI is InChI=1S/C14H21N5OS/c1-7(2)19(5-10(15)20)6-11-17-13(16)12-8(3)9(4)21-14(12)18-11/h7H,5-6H2,1-4H3,(H2,15,20)(H2,16,17,18). The lowest BCUT2D eigenvalue weighted by molar-refractivity contribution is -0.119. The molecule has 0 spiro atoms. The van der Waals surface area contributed by atoms with Crippen LogP contribution < -0.4 is 11.5 Å². The first-order valence-corrected chi connectivity index (χ1v) is 7.65. The number of hydrogen-bond acceptors (Lipinski definition) is 6. The molecule has 0 fully saturated rings. The summed E-state index contributed by atoms with van der Waals surface area (Å²) >= 11 is 1.62. The fourth-order valence-corrected chi connectivity index (χ4v) is 3.26. The largest absolute Gasteiger partial charge is 0.383 e. The number of nitrogen functional groups attached to an aromatic ring is 1. The summed E-state index contributed by atoms with van der Waals surface area (Å²) in [5.41, 5.74) is 12.5. The molecule has 0 radical (unpaired) electrons. The van der Waals surface area contributed by atoms with E-state index < -0.39 is 0 Å². The van der Waals surface area contributed by atoms with Crippen molar-refractivity contribution >= 4 is 33.3 Å². The first-order chi connectivity index (χ1) is 9.79. The lowest BCUT2D eigenvalue weighted by Gasteiger charge is -2.24. The van der Waals surface area contributed by atoms with Crippen LogP contribution in [0, 0.1) is 13.8 Å². The predicted octanol–water partition coefficient (Wildman–Crippen LogP) is 1.59. The van der Waals surface area contributed by atoms with Crippen LogP contribution in [0.4, 0.5) is 5.82 Å². The number of carbonyl (C=O) groups is 1. The van der Waals surface area contributed by atoms with Crippen molar-refractivity contribution in [1.82, 2.24) is 14.9 Å². The number of aryl methyl sites for hydroxylation is 2. The molecule has 0 bridgehead atoms. The van der Waals surface area contributed by atoms with E-state index in [0.717, 1.165) is 15.8 Å². The third-order valence-corrected chi connectivity index (χ3v) is 4.64. The number of aromatic nitrogens is 2. The van der Waals surface area contributed by atoms with E-state index in [9.17, 15) is 4.79 Å². The van der Waals surface area contributed by atoms with Crippen LogP contribution in [0.1, 0.15) is 30.1 Å². The lowest BCUT2D eigenvalue weighted by Crippen LogP contribution is -2.38. The normalized spacial score (nSPS) is 11.7. The SMILES string of the molecule is Cc1sc2nc(CN(CC(N)=O)C(C)C)nc(N)c2c1C. The van der Waals surface area contributed by atoms with Crippen molar-refractivity contribution in [3.8, 4) is 0 Å². The number of rotatable bonds is 5. The second kappa shape index (κ2) is 5.95. The van der Waals surface area contributed by atoms with Gasteiger partial charge in [-0.2, -0.15) is 0 Å². The van der Waals surface area contributed by atoms with E-state index in [1.54, 1.807) is 11.3 Å². The van der Waals surface area contributed by atoms with Crippen LogP contribution in [-0.4, -0.2) is 33.4 Å². The minimum absolute atomic E-state index is 0.171. The van der Waals surface area contributed by atoms with Gasteiger partial charge in [0.05, 0.1) is 18.5 Å². The molecule has 0 atom stereocenters. The van der Waals surface area contributed by atoms with Crippen LogP contribution >= 0.6 is 11.3 Å². The second-order valence-corrected chi connectivity index (χ2v) is 6.66. The zero-order chi connectivity index (χ0) is 15.7. The van der Waals surface area contributed by atoms with E-state index in [2.05, 4.69) is 9.97 Å². The monoisotopic (exact) mass is 307 g/mol. The van der Waals surface area contributed by atoms with Crippen molar-refractivity contribution in [3.63, 3.8) is 0 Å². The zero-order valence-electron chi connectivity index (χ0n) is 12.8. The summed E-state index contributed by atoms with van der Waals surface area (Å²) < 4.78 is 0. The minimum Gasteiger partial charge on any atom is -0.383 e. The van der Waals surface area contributed by atoms with Crippen LogP contribution in [0.3, 0.4) is 0 Å². The van der Waals surface area contributed by atoms with Crippen LogP contribution in [0.2, 0.25) is 0 Å². The molecule has 0 aliphatic rings. The third-order valence-electron chi connectivity index (χ3n) is 3.54. The van der Waals surface area contributed by atoms with Crippen molar-refractivity contribution in [1.29, 1.82) is 0 Å². The van der Waals surface area contributed by atoms with Crippen LogP contribution in [0.25, 0.3) is 10.2 Å². The quantitative estimate of drug-likeness (QED) is 0.874. The molecule has 2 aromatic rings. The molecule has 0 aliphatic heterocycles. The number of primary amides is 1. The number of amides is 1. The highest BCUT2D eigenvalue weighted by Crippen LogP contribution is 2.31. The van der Waals surface area contributed by atoms with Gasteiger partial charge in [0, 0.05) is 10.9 Å². The maximum absolute atomic E-state index is 11.1. The van der Waals surface area contributed by atoms with Crippen LogP contribution in [0.15, 0.2) is 0 Å². The van der Waals surface area contributed by atoms with Crippen molar-refractivity contribution in [2.24, 2.45) is 5.73 Å². The molecule has 0 saturated heterocycles. The summed E-state index contributed by atoms with van der Waals surface area (Å²) in [6.07, 6.45) is 0. The molecular formula is C14H21N5OS. The van der Waals surface area contributed by atoms with Gasteiger partial charge in [0.15, 0.2) is 0 Å². The summed E-state index contributed by atoms with van der Waals surface area (Å²) in [5, 5.41) is 0.937. The number of nitrogens with two attached hydrogens (primary N) is 2. The number of fused-ring (bicyclic) bond motifs is 1. The molecule has 4 N–H and O–H groups in total. The van der Waals surface area contributed by atoms with Crippen molar-refractivity contribution in [3.05, 3.63) is 16.3 Å². The Morgan fingerprint density at radius 1 is 1.33 bits per heavy atom. The molecule has 6 nitrogen and oxygen atoms in total. The second-order valence-electron chi connectivity index (χ2n) is 5.45. The number of anilines is 1. The predicted molar refractivity (Wildman–Crippen MR) is 86.0 cm³/mol. The Hall–Kier alpha value is -1.73. The number of nitrogens with zero attached hydrogens (tertiary/aromatic N) is 3. The zero-order valence-corrected chi connectivity index (χ0v) is 13.6. The Morgan fingerprint density at radius 3 is 2.57 bits per heavy atom. The number of hydrogen-bond donors (Lipinski definition) is 2. The van der Waals surface area contributed by atoms with Crippen molar-refractivity contribution in [2.75, 3.05) is 12.3 Å². The lowest BCUT2D eigenvalue weighted by atomic mass is 10.2. The summed E-state index contributed by atoms with van der Waals surface area (Å²) in [5.74, 6) is 0.761. The summed E-state index contributed by atoms with van der Waals surface area (Å²) in [6, 6.07) is 0.171. The third kappa shape index (κ3) is 3.30. The average molecular weight is 307 g/mol. The topological polar surface area (TPSA) is 98.1 Å². The Morgan fingerprint density at radius 2 is 2.00 bits per heavy atom. The Balaban J connectivity index is 2.36. The van der Waals surface area contributed by atoms with Crippen LogP contribution in [-0.2, 0) is 11.3 Å². The van der Waals surface area contributed by atoms with E-state index in [1.807, 2.05) is 32.6 Å². The van der Waals surface area contributed by atoms with E-state index in [4.69, 9.17) is 11.5 Å². The highest BCUT2D eigenvalue weighted by atomic mass is 32.1. The van der Waals surface area contributed by atoms with Gasteiger partial charge in [-0.1, -0.05) is 0 Å². The highest BCUT2D eigenvalue weighted by Gasteiger charge is 2.17. The van der Waals surface area contributed by atoms with Crippen molar-refractivity contribution < 1.29 is 4.79 Å². The Kier molecular flexibility index (Phi) is 4.43. The Bertz CT molecular complexity index is 680. The molecule has 2 rings (SSSR count). The van der Waals surface area contributed by atoms with Gasteiger partial charge in [0.2, 0.25) is 5.91 Å². The number of carbonyl (C=O) groups excluding carboxylic acids is 1. The van der Waals surface area contributed by atoms with E-state index >= 15 is 0 Å². The van der Waals surface area contributed by atoms with Gasteiger partial charge < -0.3 is 11.5 Å². The van der Waals surface area contributed by atoms with Gasteiger partial charge in [0.1, 0.15) is 16.5 Å².